The Labute approximate surface area is 196 Å². The van der Waals surface area contributed by atoms with E-state index in [4.69, 9.17) is 4.99 Å². The van der Waals surface area contributed by atoms with Gasteiger partial charge in [0.2, 0.25) is 0 Å². The van der Waals surface area contributed by atoms with Gasteiger partial charge >= 0.3 is 0 Å². The highest BCUT2D eigenvalue weighted by Gasteiger charge is 2.38. The van der Waals surface area contributed by atoms with Crippen molar-refractivity contribution in [1.29, 1.82) is 0 Å². The molecule has 1 saturated carbocycles. The van der Waals surface area contributed by atoms with Gasteiger partial charge in [-0.05, 0) is 99.0 Å². The molecule has 7 heteroatoms. The third kappa shape index (κ3) is 4.72. The highest BCUT2D eigenvalue weighted by Crippen LogP contribution is 2.39. The first-order valence-corrected chi connectivity index (χ1v) is 12.3. The van der Waals surface area contributed by atoms with Crippen molar-refractivity contribution in [3.8, 4) is 5.75 Å². The Kier molecular flexibility index (Phi) is 6.66. The number of amides is 1. The molecule has 1 aliphatic heterocycles. The Morgan fingerprint density at radius 2 is 1.90 bits per heavy atom. The number of nitrogens with zero attached hydrogens (tertiary/aromatic N) is 2. The molecule has 0 atom stereocenters. The topological polar surface area (TPSA) is 52.9 Å². The number of halogens is 2. The van der Waals surface area contributed by atoms with E-state index in [1.807, 2.05) is 53.4 Å². The van der Waals surface area contributed by atoms with Gasteiger partial charge in [0.05, 0.1) is 18.6 Å². The standard InChI is InChI=1S/C22H20BrIN2O2S/c23-17-11-14(12-18(24)20(17)27)13-19-21(28)26(16-9-5-2-6-10-16)22(29-19)25-15-7-3-1-4-8-15/h1,3-4,7-8,11-13,16,27H,2,5-6,9-10H2/b19-13-,25-22?. The number of phenols is 1. The number of phenolic OH excluding ortho intramolecular Hbond substituents is 1. The van der Waals surface area contributed by atoms with Gasteiger partial charge in [0.1, 0.15) is 5.75 Å². The number of rotatable bonds is 3. The zero-order chi connectivity index (χ0) is 20.4. The molecule has 29 heavy (non-hydrogen) atoms. The molecule has 1 N–H and O–H groups in total. The maximum absolute atomic E-state index is 13.3. The van der Waals surface area contributed by atoms with Crippen LogP contribution in [0.2, 0.25) is 0 Å². The van der Waals surface area contributed by atoms with Crippen LogP contribution in [0.3, 0.4) is 0 Å². The van der Waals surface area contributed by atoms with Crippen LogP contribution in [0.5, 0.6) is 5.75 Å². The predicted octanol–water partition coefficient (Wildman–Crippen LogP) is 6.70. The van der Waals surface area contributed by atoms with Crippen LogP contribution in [-0.4, -0.2) is 27.1 Å². The van der Waals surface area contributed by atoms with Crippen LogP contribution in [0.25, 0.3) is 6.08 Å². The molecule has 2 fully saturated rings. The fourth-order valence-electron chi connectivity index (χ4n) is 3.66. The minimum absolute atomic E-state index is 0.0239. The fraction of sp³-hybridized carbons (Fsp3) is 0.273. The molecule has 2 aromatic carbocycles. The number of benzene rings is 2. The van der Waals surface area contributed by atoms with Crippen LogP contribution in [-0.2, 0) is 4.79 Å². The molecule has 0 radical (unpaired) electrons. The van der Waals surface area contributed by atoms with Gasteiger partial charge in [-0.2, -0.15) is 0 Å². The van der Waals surface area contributed by atoms with Crippen LogP contribution in [0.15, 0.2) is 56.8 Å². The molecule has 1 saturated heterocycles. The minimum atomic E-state index is 0.0239. The SMILES string of the molecule is O=C1/C(=C/c2cc(Br)c(O)c(I)c2)SC(=Nc2ccccc2)N1C1CCCCC1. The normalized spacial score (nSPS) is 20.8. The summed E-state index contributed by atoms with van der Waals surface area (Å²) in [6.45, 7) is 0. The first kappa shape index (κ1) is 20.9. The second-order valence-electron chi connectivity index (χ2n) is 7.14. The van der Waals surface area contributed by atoms with Crippen LogP contribution >= 0.6 is 50.3 Å². The predicted molar refractivity (Wildman–Crippen MR) is 131 cm³/mol. The lowest BCUT2D eigenvalue weighted by Gasteiger charge is -2.30. The number of aliphatic imine (C=N–C) groups is 1. The first-order chi connectivity index (χ1) is 14.0. The van der Waals surface area contributed by atoms with Gasteiger partial charge in [0.15, 0.2) is 5.17 Å². The van der Waals surface area contributed by atoms with Crippen molar-refractivity contribution in [2.24, 2.45) is 4.99 Å². The molecule has 0 aromatic heterocycles. The maximum Gasteiger partial charge on any atom is 0.267 e. The van der Waals surface area contributed by atoms with Gasteiger partial charge in [0.25, 0.3) is 5.91 Å². The van der Waals surface area contributed by atoms with E-state index in [2.05, 4.69) is 38.5 Å². The summed E-state index contributed by atoms with van der Waals surface area (Å²) in [6.07, 6.45) is 7.48. The average molecular weight is 583 g/mol. The Hall–Kier alpha value is -1.32. The summed E-state index contributed by atoms with van der Waals surface area (Å²) >= 11 is 6.91. The Balaban J connectivity index is 1.71. The zero-order valence-corrected chi connectivity index (χ0v) is 20.2. The van der Waals surface area contributed by atoms with Gasteiger partial charge < -0.3 is 5.11 Å². The van der Waals surface area contributed by atoms with Crippen LogP contribution in [0.4, 0.5) is 5.69 Å². The van der Waals surface area contributed by atoms with Gasteiger partial charge in [-0.25, -0.2) is 4.99 Å². The molecular formula is C22H20BrIN2O2S. The number of amidine groups is 1. The summed E-state index contributed by atoms with van der Waals surface area (Å²) in [5.41, 5.74) is 1.73. The largest absolute Gasteiger partial charge is 0.506 e. The van der Waals surface area contributed by atoms with Crippen molar-refractivity contribution in [1.82, 2.24) is 4.90 Å². The van der Waals surface area contributed by atoms with Crippen molar-refractivity contribution >= 4 is 73.1 Å². The molecule has 0 bridgehead atoms. The molecule has 0 spiro atoms. The molecule has 4 nitrogen and oxygen atoms in total. The third-order valence-electron chi connectivity index (χ3n) is 5.09. The lowest BCUT2D eigenvalue weighted by molar-refractivity contribution is -0.124. The fourth-order valence-corrected chi connectivity index (χ4v) is 6.22. The lowest BCUT2D eigenvalue weighted by Crippen LogP contribution is -2.40. The molecule has 150 valence electrons. The smallest absolute Gasteiger partial charge is 0.267 e. The zero-order valence-electron chi connectivity index (χ0n) is 15.6. The summed E-state index contributed by atoms with van der Waals surface area (Å²) in [5.74, 6) is 0.240. The molecule has 2 aliphatic rings. The number of carbonyl (C=O) groups excluding carboxylic acids is 1. The first-order valence-electron chi connectivity index (χ1n) is 9.58. The number of aromatic hydroxyl groups is 1. The number of carbonyl (C=O) groups is 1. The second-order valence-corrected chi connectivity index (χ2v) is 10.2. The van der Waals surface area contributed by atoms with E-state index in [9.17, 15) is 9.90 Å². The third-order valence-corrected chi connectivity index (χ3v) is 7.50. The summed E-state index contributed by atoms with van der Waals surface area (Å²) in [7, 11) is 0. The van der Waals surface area contributed by atoms with Crippen molar-refractivity contribution in [3.63, 3.8) is 0 Å². The van der Waals surface area contributed by atoms with Crippen molar-refractivity contribution in [3.05, 3.63) is 61.0 Å². The molecular weight excluding hydrogens is 563 g/mol. The summed E-state index contributed by atoms with van der Waals surface area (Å²) in [4.78, 5) is 20.7. The number of hydrogen-bond acceptors (Lipinski definition) is 4. The Morgan fingerprint density at radius 1 is 1.17 bits per heavy atom. The van der Waals surface area contributed by atoms with E-state index in [1.165, 1.54) is 18.2 Å². The molecule has 1 amide bonds. The molecule has 1 heterocycles. The minimum Gasteiger partial charge on any atom is -0.506 e. The molecule has 1 aliphatic carbocycles. The van der Waals surface area contributed by atoms with Gasteiger partial charge in [-0.3, -0.25) is 9.69 Å². The number of thioether (sulfide) groups is 1. The monoisotopic (exact) mass is 582 g/mol. The summed E-state index contributed by atoms with van der Waals surface area (Å²) in [5, 5.41) is 10.7. The molecule has 0 unspecified atom stereocenters. The quantitative estimate of drug-likeness (QED) is 0.324. The molecule has 4 rings (SSSR count). The Bertz CT molecular complexity index is 965. The average Bonchev–Trinajstić information content (AvgIpc) is 3.02. The van der Waals surface area contributed by atoms with Crippen LogP contribution in [0, 0.1) is 3.57 Å². The maximum atomic E-state index is 13.3. The highest BCUT2D eigenvalue weighted by molar-refractivity contribution is 14.1. The van der Waals surface area contributed by atoms with Crippen LogP contribution < -0.4 is 0 Å². The highest BCUT2D eigenvalue weighted by atomic mass is 127. The summed E-state index contributed by atoms with van der Waals surface area (Å²) in [6, 6.07) is 13.7. The van der Waals surface area contributed by atoms with Crippen molar-refractivity contribution in [2.45, 2.75) is 38.1 Å². The van der Waals surface area contributed by atoms with Crippen molar-refractivity contribution < 1.29 is 9.90 Å². The second kappa shape index (κ2) is 9.22. The number of hydrogen-bond donors (Lipinski definition) is 1. The van der Waals surface area contributed by atoms with Gasteiger partial charge in [0, 0.05) is 6.04 Å². The van der Waals surface area contributed by atoms with E-state index < -0.39 is 0 Å². The van der Waals surface area contributed by atoms with Crippen LogP contribution in [0.1, 0.15) is 37.7 Å². The van der Waals surface area contributed by atoms with Gasteiger partial charge in [-0.15, -0.1) is 0 Å². The van der Waals surface area contributed by atoms with E-state index >= 15 is 0 Å². The van der Waals surface area contributed by atoms with Gasteiger partial charge in [-0.1, -0.05) is 37.5 Å². The van der Waals surface area contributed by atoms with E-state index in [0.717, 1.165) is 45.7 Å². The lowest BCUT2D eigenvalue weighted by atomic mass is 9.94. The number of para-hydroxylation sites is 1. The van der Waals surface area contributed by atoms with Crippen molar-refractivity contribution in [2.75, 3.05) is 0 Å². The molecule has 2 aromatic rings. The summed E-state index contributed by atoms with van der Waals surface area (Å²) < 4.78 is 1.36. The Morgan fingerprint density at radius 3 is 2.59 bits per heavy atom. The van der Waals surface area contributed by atoms with E-state index in [-0.39, 0.29) is 17.7 Å². The van der Waals surface area contributed by atoms with E-state index in [0.29, 0.717) is 9.38 Å². The van der Waals surface area contributed by atoms with E-state index in [1.54, 1.807) is 0 Å².